The van der Waals surface area contributed by atoms with Gasteiger partial charge in [-0.15, -0.1) is 24.0 Å². The van der Waals surface area contributed by atoms with E-state index < -0.39 is 0 Å². The number of piperazine rings is 1. The van der Waals surface area contributed by atoms with Gasteiger partial charge in [0, 0.05) is 71.9 Å². The Morgan fingerprint density at radius 1 is 1.12 bits per heavy atom. The summed E-state index contributed by atoms with van der Waals surface area (Å²) in [6, 6.07) is 10.7. The first-order valence-corrected chi connectivity index (χ1v) is 11.9. The van der Waals surface area contributed by atoms with Crippen molar-refractivity contribution in [3.05, 3.63) is 35.9 Å². The lowest BCUT2D eigenvalue weighted by Crippen LogP contribution is -2.47. The van der Waals surface area contributed by atoms with Crippen molar-refractivity contribution in [3.8, 4) is 0 Å². The van der Waals surface area contributed by atoms with Crippen molar-refractivity contribution in [1.82, 2.24) is 20.0 Å². The molecule has 1 atom stereocenters. The maximum Gasteiger partial charge on any atom is 0.217 e. The summed E-state index contributed by atoms with van der Waals surface area (Å²) in [6.45, 7) is 12.4. The van der Waals surface area contributed by atoms with Gasteiger partial charge in [-0.3, -0.25) is 14.7 Å². The number of amides is 1. The third-order valence-corrected chi connectivity index (χ3v) is 6.25. The Hall–Kier alpha value is -1.39. The van der Waals surface area contributed by atoms with Gasteiger partial charge in [0.05, 0.1) is 0 Å². The van der Waals surface area contributed by atoms with E-state index in [9.17, 15) is 4.79 Å². The number of nitrogens with one attached hydrogen (secondary N) is 1. The van der Waals surface area contributed by atoms with E-state index in [-0.39, 0.29) is 29.9 Å². The molecule has 8 heteroatoms. The molecule has 3 rings (SSSR count). The largest absolute Gasteiger partial charge is 0.370 e. The molecule has 2 aliphatic heterocycles. The van der Waals surface area contributed by atoms with E-state index in [1.165, 1.54) is 5.56 Å². The maximum absolute atomic E-state index is 11.3. The molecule has 1 unspecified atom stereocenters. The van der Waals surface area contributed by atoms with Crippen molar-refractivity contribution in [3.63, 3.8) is 0 Å². The molecule has 2 heterocycles. The van der Waals surface area contributed by atoms with Crippen LogP contribution in [0, 0.1) is 5.92 Å². The van der Waals surface area contributed by atoms with Crippen LogP contribution in [0.1, 0.15) is 38.2 Å². The van der Waals surface area contributed by atoms with Gasteiger partial charge >= 0.3 is 0 Å². The molecule has 0 aliphatic carbocycles. The number of aliphatic imine (C=N–C) groups is 1. The summed E-state index contributed by atoms with van der Waals surface area (Å²) in [5, 5.41) is 3.43. The van der Waals surface area contributed by atoms with Gasteiger partial charge in [-0.1, -0.05) is 30.3 Å². The first-order valence-electron chi connectivity index (χ1n) is 11.9. The molecule has 1 aromatic rings. The van der Waals surface area contributed by atoms with Gasteiger partial charge in [-0.2, -0.15) is 0 Å². The minimum absolute atomic E-state index is 0. The summed E-state index contributed by atoms with van der Waals surface area (Å²) in [7, 11) is 0. The molecule has 0 aromatic heterocycles. The van der Waals surface area contributed by atoms with Crippen LogP contribution >= 0.6 is 24.0 Å². The highest BCUT2D eigenvalue weighted by molar-refractivity contribution is 14.0. The molecule has 0 spiro atoms. The molecular weight excluding hydrogens is 515 g/mol. The number of nitrogens with two attached hydrogens (primary N) is 1. The summed E-state index contributed by atoms with van der Waals surface area (Å²) in [4.78, 5) is 23.6. The number of likely N-dealkylation sites (tertiary alicyclic amines) is 1. The monoisotopic (exact) mass is 556 g/mol. The van der Waals surface area contributed by atoms with Gasteiger partial charge in [-0.25, -0.2) is 0 Å². The number of carbonyl (C=O) groups excluding carboxylic acids is 1. The van der Waals surface area contributed by atoms with Gasteiger partial charge in [0.1, 0.15) is 0 Å². The van der Waals surface area contributed by atoms with Crippen LogP contribution in [0.3, 0.4) is 0 Å². The van der Waals surface area contributed by atoms with Crippen LogP contribution in [0.15, 0.2) is 35.3 Å². The Labute approximate surface area is 210 Å². The highest BCUT2D eigenvalue weighted by atomic mass is 127. The second-order valence-electron chi connectivity index (χ2n) is 8.82. The van der Waals surface area contributed by atoms with Crippen LogP contribution < -0.4 is 11.1 Å². The number of rotatable bonds is 9. The van der Waals surface area contributed by atoms with Crippen molar-refractivity contribution in [1.29, 1.82) is 0 Å². The predicted octanol–water partition coefficient (Wildman–Crippen LogP) is 2.37. The minimum atomic E-state index is -0.197. The summed E-state index contributed by atoms with van der Waals surface area (Å²) >= 11 is 0. The number of carbonyl (C=O) groups is 1. The average molecular weight is 557 g/mol. The number of guanidine groups is 1. The lowest BCUT2D eigenvalue weighted by atomic mass is 9.95. The van der Waals surface area contributed by atoms with Gasteiger partial charge in [0.25, 0.3) is 0 Å². The van der Waals surface area contributed by atoms with Crippen molar-refractivity contribution >= 4 is 35.8 Å². The Kier molecular flexibility index (Phi) is 12.3. The number of nitrogens with zero attached hydrogens (tertiary/aromatic N) is 4. The number of halogens is 1. The first-order chi connectivity index (χ1) is 15.1. The fourth-order valence-electron chi connectivity index (χ4n) is 4.63. The van der Waals surface area contributed by atoms with Crippen molar-refractivity contribution in [2.24, 2.45) is 16.6 Å². The van der Waals surface area contributed by atoms with E-state index in [2.05, 4.69) is 57.3 Å². The molecule has 0 bridgehead atoms. The SMILES string of the molecule is CCNC(=NCCCN1CCN(Cc2ccccc2)CC1)N1CCCC(CC(N)=O)C1.I. The number of piperidine rings is 1. The van der Waals surface area contributed by atoms with E-state index in [1.807, 2.05) is 0 Å². The van der Waals surface area contributed by atoms with E-state index in [0.717, 1.165) is 90.7 Å². The number of hydrogen-bond donors (Lipinski definition) is 2. The lowest BCUT2D eigenvalue weighted by Gasteiger charge is -2.35. The molecule has 2 fully saturated rings. The standard InChI is InChI=1S/C24H40N6O.HI/c1-2-26-24(30-13-6-10-22(20-30)18-23(25)31)27-11-7-12-28-14-16-29(17-15-28)19-21-8-4-3-5-9-21;/h3-5,8-9,22H,2,6-7,10-20H2,1H3,(H2,25,31)(H,26,27);1H. The molecule has 2 aliphatic rings. The Morgan fingerprint density at radius 2 is 1.84 bits per heavy atom. The molecular formula is C24H41IN6O. The maximum atomic E-state index is 11.3. The topological polar surface area (TPSA) is 77.2 Å². The lowest BCUT2D eigenvalue weighted by molar-refractivity contribution is -0.119. The van der Waals surface area contributed by atoms with Gasteiger partial charge in [0.15, 0.2) is 5.96 Å². The molecule has 180 valence electrons. The zero-order valence-corrected chi connectivity index (χ0v) is 21.9. The van der Waals surface area contributed by atoms with Crippen LogP contribution in [0.4, 0.5) is 0 Å². The highest BCUT2D eigenvalue weighted by Crippen LogP contribution is 2.19. The fraction of sp³-hybridized carbons (Fsp3) is 0.667. The van der Waals surface area contributed by atoms with Crippen LogP contribution in [-0.2, 0) is 11.3 Å². The molecule has 2 saturated heterocycles. The molecule has 1 aromatic carbocycles. The third-order valence-electron chi connectivity index (χ3n) is 6.25. The molecule has 0 radical (unpaired) electrons. The minimum Gasteiger partial charge on any atom is -0.370 e. The predicted molar refractivity (Wildman–Crippen MR) is 142 cm³/mol. The van der Waals surface area contributed by atoms with Crippen molar-refractivity contribution in [2.75, 3.05) is 58.9 Å². The molecule has 32 heavy (non-hydrogen) atoms. The summed E-state index contributed by atoms with van der Waals surface area (Å²) < 4.78 is 0. The zero-order valence-electron chi connectivity index (χ0n) is 19.5. The van der Waals surface area contributed by atoms with Gasteiger partial charge < -0.3 is 20.9 Å². The molecule has 7 nitrogen and oxygen atoms in total. The van der Waals surface area contributed by atoms with Crippen LogP contribution in [0.2, 0.25) is 0 Å². The highest BCUT2D eigenvalue weighted by Gasteiger charge is 2.23. The van der Waals surface area contributed by atoms with E-state index in [4.69, 9.17) is 10.7 Å². The first kappa shape index (κ1) is 26.9. The van der Waals surface area contributed by atoms with E-state index >= 15 is 0 Å². The average Bonchev–Trinajstić information content (AvgIpc) is 2.77. The van der Waals surface area contributed by atoms with Crippen LogP contribution in [0.5, 0.6) is 0 Å². The van der Waals surface area contributed by atoms with E-state index in [1.54, 1.807) is 0 Å². The number of primary amides is 1. The summed E-state index contributed by atoms with van der Waals surface area (Å²) in [5.41, 5.74) is 6.81. The Balaban J connectivity index is 0.00000363. The number of benzene rings is 1. The quantitative estimate of drug-likeness (QED) is 0.212. The summed E-state index contributed by atoms with van der Waals surface area (Å²) in [6.07, 6.45) is 3.73. The van der Waals surface area contributed by atoms with Crippen molar-refractivity contribution in [2.45, 2.75) is 39.2 Å². The Morgan fingerprint density at radius 3 is 2.53 bits per heavy atom. The van der Waals surface area contributed by atoms with Crippen LogP contribution in [0.25, 0.3) is 0 Å². The normalized spacial score (nSPS) is 20.6. The second kappa shape index (κ2) is 14.7. The van der Waals surface area contributed by atoms with Crippen LogP contribution in [-0.4, -0.2) is 85.5 Å². The molecule has 1 amide bonds. The molecule has 3 N–H and O–H groups in total. The summed E-state index contributed by atoms with van der Waals surface area (Å²) in [5.74, 6) is 1.14. The second-order valence-corrected chi connectivity index (χ2v) is 8.82. The van der Waals surface area contributed by atoms with Gasteiger partial charge in [0.2, 0.25) is 5.91 Å². The zero-order chi connectivity index (χ0) is 21.9. The fourth-order valence-corrected chi connectivity index (χ4v) is 4.63. The number of hydrogen-bond acceptors (Lipinski definition) is 4. The smallest absolute Gasteiger partial charge is 0.217 e. The molecule has 0 saturated carbocycles. The van der Waals surface area contributed by atoms with E-state index in [0.29, 0.717) is 12.3 Å². The Bertz CT molecular complexity index is 693. The third kappa shape index (κ3) is 9.23. The van der Waals surface area contributed by atoms with Gasteiger partial charge in [-0.05, 0) is 37.7 Å². The van der Waals surface area contributed by atoms with Crippen molar-refractivity contribution < 1.29 is 4.79 Å².